The van der Waals surface area contributed by atoms with Crippen molar-refractivity contribution in [3.8, 4) is 0 Å². The highest BCUT2D eigenvalue weighted by atomic mass is 16.3. The van der Waals surface area contributed by atoms with Crippen LogP contribution in [0.3, 0.4) is 0 Å². The molecule has 0 bridgehead atoms. The summed E-state index contributed by atoms with van der Waals surface area (Å²) in [4.78, 5) is 0. The average Bonchev–Trinajstić information content (AvgIpc) is 2.26. The van der Waals surface area contributed by atoms with Crippen LogP contribution in [-0.4, -0.2) is 11.2 Å². The van der Waals surface area contributed by atoms with E-state index in [1.807, 2.05) is 0 Å². The summed E-state index contributed by atoms with van der Waals surface area (Å²) in [5.41, 5.74) is 0.719. The molecule has 0 spiro atoms. The molecule has 1 N–H and O–H groups in total. The molecule has 1 aliphatic rings. The van der Waals surface area contributed by atoms with Crippen molar-refractivity contribution >= 4 is 0 Å². The largest absolute Gasteiger partial charge is 0.393 e. The minimum Gasteiger partial charge on any atom is -0.393 e. The summed E-state index contributed by atoms with van der Waals surface area (Å²) < 4.78 is 0. The van der Waals surface area contributed by atoms with E-state index in [9.17, 15) is 5.11 Å². The van der Waals surface area contributed by atoms with Gasteiger partial charge in [0.15, 0.2) is 0 Å². The second-order valence-electron chi connectivity index (χ2n) is 8.13. The van der Waals surface area contributed by atoms with E-state index in [0.29, 0.717) is 10.8 Å². The van der Waals surface area contributed by atoms with Crippen LogP contribution in [0, 0.1) is 22.7 Å². The summed E-state index contributed by atoms with van der Waals surface area (Å²) in [5.74, 6) is 1.52. The predicted octanol–water partition coefficient (Wildman–Crippen LogP) is 4.64. The van der Waals surface area contributed by atoms with Crippen molar-refractivity contribution in [3.63, 3.8) is 0 Å². The number of aliphatic hydroxyl groups is 1. The standard InChI is InChI=1S/C16H32O/c1-15(2,3)14(16(4,5)6)12-8-7-9-13(17)11-10-12/h12-14,17H,7-11H2,1-6H3. The van der Waals surface area contributed by atoms with Crippen LogP contribution in [0.1, 0.15) is 73.6 Å². The first-order valence-electron chi connectivity index (χ1n) is 7.30. The molecule has 17 heavy (non-hydrogen) atoms. The molecule has 0 aliphatic heterocycles. The Morgan fingerprint density at radius 3 is 1.82 bits per heavy atom. The van der Waals surface area contributed by atoms with Crippen molar-refractivity contribution < 1.29 is 5.11 Å². The SMILES string of the molecule is CC(C)(C)C(C1CCCC(O)CC1)C(C)(C)C. The molecule has 0 aromatic carbocycles. The van der Waals surface area contributed by atoms with Gasteiger partial charge in [-0.3, -0.25) is 0 Å². The molecule has 1 nitrogen and oxygen atoms in total. The molecule has 0 aromatic rings. The Hall–Kier alpha value is -0.0400. The Morgan fingerprint density at radius 2 is 1.35 bits per heavy atom. The van der Waals surface area contributed by atoms with Gasteiger partial charge in [-0.05, 0) is 41.9 Å². The summed E-state index contributed by atoms with van der Waals surface area (Å²) in [6.07, 6.45) is 5.69. The maximum atomic E-state index is 9.79. The van der Waals surface area contributed by atoms with Gasteiger partial charge in [0, 0.05) is 0 Å². The van der Waals surface area contributed by atoms with Crippen molar-refractivity contribution in [2.75, 3.05) is 0 Å². The minimum atomic E-state index is -0.0411. The number of hydrogen-bond acceptors (Lipinski definition) is 1. The molecule has 0 saturated heterocycles. The molecule has 1 heteroatoms. The highest BCUT2D eigenvalue weighted by Gasteiger charge is 2.40. The first-order chi connectivity index (χ1) is 7.62. The normalized spacial score (nSPS) is 28.2. The number of aliphatic hydroxyl groups excluding tert-OH is 1. The van der Waals surface area contributed by atoms with Crippen LogP contribution in [0.5, 0.6) is 0 Å². The van der Waals surface area contributed by atoms with Crippen LogP contribution < -0.4 is 0 Å². The molecule has 1 saturated carbocycles. The minimum absolute atomic E-state index is 0.0411. The highest BCUT2D eigenvalue weighted by molar-refractivity contribution is 4.90. The maximum Gasteiger partial charge on any atom is 0.0540 e. The lowest BCUT2D eigenvalue weighted by Gasteiger charge is -2.46. The van der Waals surface area contributed by atoms with E-state index in [2.05, 4.69) is 41.5 Å². The molecule has 0 amide bonds. The van der Waals surface area contributed by atoms with Crippen LogP contribution in [-0.2, 0) is 0 Å². The van der Waals surface area contributed by atoms with Gasteiger partial charge in [0.25, 0.3) is 0 Å². The fourth-order valence-corrected chi connectivity index (χ4v) is 4.36. The van der Waals surface area contributed by atoms with Crippen molar-refractivity contribution in [3.05, 3.63) is 0 Å². The van der Waals surface area contributed by atoms with Crippen molar-refractivity contribution in [1.82, 2.24) is 0 Å². The third kappa shape index (κ3) is 4.28. The van der Waals surface area contributed by atoms with Gasteiger partial charge in [-0.1, -0.05) is 54.4 Å². The summed E-state index contributed by atoms with van der Waals surface area (Å²) in [7, 11) is 0. The average molecular weight is 240 g/mol. The zero-order valence-electron chi connectivity index (χ0n) is 12.7. The van der Waals surface area contributed by atoms with Gasteiger partial charge in [-0.25, -0.2) is 0 Å². The molecule has 1 aliphatic carbocycles. The molecular formula is C16H32O. The van der Waals surface area contributed by atoms with Crippen molar-refractivity contribution in [2.24, 2.45) is 22.7 Å². The smallest absolute Gasteiger partial charge is 0.0540 e. The van der Waals surface area contributed by atoms with E-state index in [1.54, 1.807) is 0 Å². The third-order valence-corrected chi connectivity index (χ3v) is 4.32. The topological polar surface area (TPSA) is 20.2 Å². The van der Waals surface area contributed by atoms with Crippen molar-refractivity contribution in [1.29, 1.82) is 0 Å². The molecule has 102 valence electrons. The number of rotatable bonds is 1. The molecule has 0 heterocycles. The Balaban J connectivity index is 2.84. The lowest BCUT2D eigenvalue weighted by atomic mass is 9.59. The fraction of sp³-hybridized carbons (Fsp3) is 1.00. The Morgan fingerprint density at radius 1 is 0.824 bits per heavy atom. The molecule has 2 unspecified atom stereocenters. The summed E-state index contributed by atoms with van der Waals surface area (Å²) >= 11 is 0. The fourth-order valence-electron chi connectivity index (χ4n) is 4.36. The zero-order chi connectivity index (χ0) is 13.3. The van der Waals surface area contributed by atoms with E-state index >= 15 is 0 Å². The zero-order valence-corrected chi connectivity index (χ0v) is 12.7. The van der Waals surface area contributed by atoms with Gasteiger partial charge in [0.2, 0.25) is 0 Å². The van der Waals surface area contributed by atoms with Crippen molar-refractivity contribution in [2.45, 2.75) is 79.8 Å². The molecule has 2 atom stereocenters. The highest BCUT2D eigenvalue weighted by Crippen LogP contribution is 2.48. The predicted molar refractivity (Wildman–Crippen MR) is 75.0 cm³/mol. The van der Waals surface area contributed by atoms with E-state index in [-0.39, 0.29) is 6.10 Å². The van der Waals surface area contributed by atoms with Crippen LogP contribution in [0.15, 0.2) is 0 Å². The van der Waals surface area contributed by atoms with Gasteiger partial charge in [-0.15, -0.1) is 0 Å². The van der Waals surface area contributed by atoms with Crippen LogP contribution in [0.25, 0.3) is 0 Å². The van der Waals surface area contributed by atoms with Gasteiger partial charge in [0.1, 0.15) is 0 Å². The Kier molecular flexibility index (Phi) is 4.68. The van der Waals surface area contributed by atoms with E-state index < -0.39 is 0 Å². The molecule has 0 aromatic heterocycles. The van der Waals surface area contributed by atoms with Gasteiger partial charge in [0.05, 0.1) is 6.10 Å². The Labute approximate surface area is 108 Å². The quantitative estimate of drug-likeness (QED) is 0.662. The second kappa shape index (κ2) is 5.30. The third-order valence-electron chi connectivity index (χ3n) is 4.32. The maximum absolute atomic E-state index is 9.79. The lowest BCUT2D eigenvalue weighted by molar-refractivity contribution is 0.0331. The van der Waals surface area contributed by atoms with Gasteiger partial charge < -0.3 is 5.11 Å². The second-order valence-corrected chi connectivity index (χ2v) is 8.13. The summed E-state index contributed by atoms with van der Waals surface area (Å²) in [5, 5.41) is 9.79. The monoisotopic (exact) mass is 240 g/mol. The van der Waals surface area contributed by atoms with Gasteiger partial charge in [-0.2, -0.15) is 0 Å². The van der Waals surface area contributed by atoms with E-state index in [0.717, 1.165) is 24.7 Å². The molecular weight excluding hydrogens is 208 g/mol. The molecule has 0 radical (unpaired) electrons. The molecule has 1 rings (SSSR count). The first-order valence-corrected chi connectivity index (χ1v) is 7.30. The van der Waals surface area contributed by atoms with Gasteiger partial charge >= 0.3 is 0 Å². The number of hydrogen-bond donors (Lipinski definition) is 1. The molecule has 1 fully saturated rings. The first kappa shape index (κ1) is 15.0. The summed E-state index contributed by atoms with van der Waals surface area (Å²) in [6, 6.07) is 0. The lowest BCUT2D eigenvalue weighted by Crippen LogP contribution is -2.38. The van der Waals surface area contributed by atoms with E-state index in [1.165, 1.54) is 19.3 Å². The Bertz CT molecular complexity index is 217. The van der Waals surface area contributed by atoms with Crippen LogP contribution in [0.4, 0.5) is 0 Å². The van der Waals surface area contributed by atoms with Crippen LogP contribution >= 0.6 is 0 Å². The van der Waals surface area contributed by atoms with E-state index in [4.69, 9.17) is 0 Å². The van der Waals surface area contributed by atoms with Crippen LogP contribution in [0.2, 0.25) is 0 Å². The summed E-state index contributed by atoms with van der Waals surface area (Å²) in [6.45, 7) is 14.3.